The summed E-state index contributed by atoms with van der Waals surface area (Å²) in [6, 6.07) is 0.181. The summed E-state index contributed by atoms with van der Waals surface area (Å²) in [4.78, 5) is 14.1. The van der Waals surface area contributed by atoms with Gasteiger partial charge < -0.3 is 16.0 Å². The highest BCUT2D eigenvalue weighted by atomic mass is 16.2. The molecule has 0 aromatic heterocycles. The van der Waals surface area contributed by atoms with Gasteiger partial charge >= 0.3 is 0 Å². The lowest BCUT2D eigenvalue weighted by atomic mass is 9.85. The van der Waals surface area contributed by atoms with Crippen molar-refractivity contribution in [2.75, 3.05) is 20.1 Å². The highest BCUT2D eigenvalue weighted by Crippen LogP contribution is 2.26. The Labute approximate surface area is 118 Å². The molecule has 0 saturated heterocycles. The van der Waals surface area contributed by atoms with E-state index in [1.165, 1.54) is 32.1 Å². The monoisotopic (exact) mass is 269 g/mol. The summed E-state index contributed by atoms with van der Waals surface area (Å²) in [6.45, 7) is 5.86. The van der Waals surface area contributed by atoms with Crippen molar-refractivity contribution in [2.24, 2.45) is 11.7 Å². The summed E-state index contributed by atoms with van der Waals surface area (Å²) in [6.07, 6.45) is 7.30. The molecule has 0 spiro atoms. The normalized spacial score (nSPS) is 18.8. The smallest absolute Gasteiger partial charge is 0.236 e. The van der Waals surface area contributed by atoms with Gasteiger partial charge in [-0.05, 0) is 33.2 Å². The standard InChI is InChI=1S/C15H31N3O/c1-12(2)18(3)10-9-17-15(19)14(16)11-13-7-5-4-6-8-13/h12-14H,4-11,16H2,1-3H3,(H,17,19). The maximum Gasteiger partial charge on any atom is 0.236 e. The minimum atomic E-state index is -0.326. The van der Waals surface area contributed by atoms with Crippen molar-refractivity contribution in [1.82, 2.24) is 10.2 Å². The van der Waals surface area contributed by atoms with E-state index in [1.807, 2.05) is 0 Å². The zero-order chi connectivity index (χ0) is 14.3. The molecule has 112 valence electrons. The van der Waals surface area contributed by atoms with E-state index in [0.717, 1.165) is 13.0 Å². The summed E-state index contributed by atoms with van der Waals surface area (Å²) in [7, 11) is 2.07. The number of nitrogens with zero attached hydrogens (tertiary/aromatic N) is 1. The van der Waals surface area contributed by atoms with Crippen LogP contribution in [0.25, 0.3) is 0 Å². The number of likely N-dealkylation sites (N-methyl/N-ethyl adjacent to an activating group) is 1. The summed E-state index contributed by atoms with van der Waals surface area (Å²) in [5.74, 6) is 0.676. The first-order chi connectivity index (χ1) is 9.00. The number of amides is 1. The van der Waals surface area contributed by atoms with E-state index in [2.05, 4.69) is 31.1 Å². The lowest BCUT2D eigenvalue weighted by molar-refractivity contribution is -0.122. The number of rotatable bonds is 7. The Bertz CT molecular complexity index is 262. The number of carbonyl (C=O) groups is 1. The van der Waals surface area contributed by atoms with Crippen LogP contribution in [-0.2, 0) is 4.79 Å². The Morgan fingerprint density at radius 3 is 2.53 bits per heavy atom. The average molecular weight is 269 g/mol. The number of nitrogens with one attached hydrogen (secondary N) is 1. The third-order valence-electron chi connectivity index (χ3n) is 4.29. The molecule has 0 aromatic rings. The van der Waals surface area contributed by atoms with E-state index >= 15 is 0 Å². The number of hydrogen-bond donors (Lipinski definition) is 2. The molecule has 0 heterocycles. The van der Waals surface area contributed by atoms with Crippen LogP contribution in [0.15, 0.2) is 0 Å². The fourth-order valence-electron chi connectivity index (χ4n) is 2.63. The van der Waals surface area contributed by atoms with Crippen LogP contribution in [0.3, 0.4) is 0 Å². The van der Waals surface area contributed by atoms with Crippen LogP contribution in [0, 0.1) is 5.92 Å². The second kappa shape index (κ2) is 8.54. The summed E-state index contributed by atoms with van der Waals surface area (Å²) < 4.78 is 0. The third-order valence-corrected chi connectivity index (χ3v) is 4.29. The Morgan fingerprint density at radius 2 is 1.95 bits per heavy atom. The molecule has 1 saturated carbocycles. The molecule has 1 amide bonds. The number of hydrogen-bond acceptors (Lipinski definition) is 3. The van der Waals surface area contributed by atoms with Crippen LogP contribution in [-0.4, -0.2) is 43.0 Å². The first-order valence-corrected chi connectivity index (χ1v) is 7.74. The Balaban J connectivity index is 2.17. The fourth-order valence-corrected chi connectivity index (χ4v) is 2.63. The van der Waals surface area contributed by atoms with Crippen molar-refractivity contribution in [3.63, 3.8) is 0 Å². The zero-order valence-electron chi connectivity index (χ0n) is 12.8. The van der Waals surface area contributed by atoms with Crippen LogP contribution in [0.1, 0.15) is 52.4 Å². The van der Waals surface area contributed by atoms with Crippen molar-refractivity contribution in [2.45, 2.75) is 64.5 Å². The predicted octanol–water partition coefficient (Wildman–Crippen LogP) is 1.74. The third kappa shape index (κ3) is 6.39. The van der Waals surface area contributed by atoms with Gasteiger partial charge in [-0.25, -0.2) is 0 Å². The molecule has 1 rings (SSSR count). The Hall–Kier alpha value is -0.610. The van der Waals surface area contributed by atoms with Gasteiger partial charge in [-0.15, -0.1) is 0 Å². The second-order valence-corrected chi connectivity index (χ2v) is 6.21. The summed E-state index contributed by atoms with van der Waals surface area (Å²) >= 11 is 0. The number of nitrogens with two attached hydrogens (primary N) is 1. The molecule has 1 fully saturated rings. The van der Waals surface area contributed by atoms with Crippen molar-refractivity contribution < 1.29 is 4.79 Å². The average Bonchev–Trinajstić information content (AvgIpc) is 2.39. The van der Waals surface area contributed by atoms with Gasteiger partial charge in [0.15, 0.2) is 0 Å². The molecule has 1 aliphatic carbocycles. The molecular weight excluding hydrogens is 238 g/mol. The van der Waals surface area contributed by atoms with Crippen molar-refractivity contribution in [1.29, 1.82) is 0 Å². The molecule has 4 nitrogen and oxygen atoms in total. The van der Waals surface area contributed by atoms with E-state index in [9.17, 15) is 4.79 Å². The fraction of sp³-hybridized carbons (Fsp3) is 0.933. The largest absolute Gasteiger partial charge is 0.353 e. The van der Waals surface area contributed by atoms with Crippen molar-refractivity contribution in [3.05, 3.63) is 0 Å². The van der Waals surface area contributed by atoms with Crippen molar-refractivity contribution >= 4 is 5.91 Å². The molecule has 3 N–H and O–H groups in total. The van der Waals surface area contributed by atoms with E-state index in [0.29, 0.717) is 18.5 Å². The quantitative estimate of drug-likeness (QED) is 0.740. The maximum absolute atomic E-state index is 11.9. The predicted molar refractivity (Wildman–Crippen MR) is 79.9 cm³/mol. The molecular formula is C15H31N3O. The summed E-state index contributed by atoms with van der Waals surface area (Å²) in [5, 5.41) is 2.95. The zero-order valence-corrected chi connectivity index (χ0v) is 12.8. The topological polar surface area (TPSA) is 58.4 Å². The maximum atomic E-state index is 11.9. The molecule has 0 bridgehead atoms. The molecule has 1 aliphatic rings. The lowest BCUT2D eigenvalue weighted by Gasteiger charge is -2.25. The molecule has 0 aliphatic heterocycles. The van der Waals surface area contributed by atoms with Crippen LogP contribution < -0.4 is 11.1 Å². The van der Waals surface area contributed by atoms with Gasteiger partial charge in [-0.2, -0.15) is 0 Å². The number of carbonyl (C=O) groups excluding carboxylic acids is 1. The Morgan fingerprint density at radius 1 is 1.32 bits per heavy atom. The molecule has 0 radical (unpaired) electrons. The molecule has 19 heavy (non-hydrogen) atoms. The van der Waals surface area contributed by atoms with Gasteiger partial charge in [0.1, 0.15) is 0 Å². The van der Waals surface area contributed by atoms with E-state index in [4.69, 9.17) is 5.73 Å². The van der Waals surface area contributed by atoms with Crippen LogP contribution in [0.4, 0.5) is 0 Å². The van der Waals surface area contributed by atoms with Crippen LogP contribution in [0.2, 0.25) is 0 Å². The minimum Gasteiger partial charge on any atom is -0.353 e. The van der Waals surface area contributed by atoms with Gasteiger partial charge in [0.2, 0.25) is 5.91 Å². The first-order valence-electron chi connectivity index (χ1n) is 7.74. The molecule has 4 heteroatoms. The molecule has 0 aromatic carbocycles. The lowest BCUT2D eigenvalue weighted by Crippen LogP contribution is -2.44. The highest BCUT2D eigenvalue weighted by molar-refractivity contribution is 5.81. The van der Waals surface area contributed by atoms with Gasteiger partial charge in [-0.3, -0.25) is 4.79 Å². The minimum absolute atomic E-state index is 0.0164. The second-order valence-electron chi connectivity index (χ2n) is 6.21. The van der Waals surface area contributed by atoms with E-state index < -0.39 is 0 Å². The highest BCUT2D eigenvalue weighted by Gasteiger charge is 2.21. The Kier molecular flexibility index (Phi) is 7.39. The van der Waals surface area contributed by atoms with Gasteiger partial charge in [0, 0.05) is 19.1 Å². The van der Waals surface area contributed by atoms with Gasteiger partial charge in [0.05, 0.1) is 6.04 Å². The van der Waals surface area contributed by atoms with Gasteiger partial charge in [-0.1, -0.05) is 32.1 Å². The van der Waals surface area contributed by atoms with Crippen LogP contribution in [0.5, 0.6) is 0 Å². The van der Waals surface area contributed by atoms with E-state index in [1.54, 1.807) is 0 Å². The summed E-state index contributed by atoms with van der Waals surface area (Å²) in [5.41, 5.74) is 6.00. The van der Waals surface area contributed by atoms with Crippen molar-refractivity contribution in [3.8, 4) is 0 Å². The van der Waals surface area contributed by atoms with Crippen LogP contribution >= 0.6 is 0 Å². The SMILES string of the molecule is CC(C)N(C)CCNC(=O)C(N)CC1CCCCC1. The first kappa shape index (κ1) is 16.4. The van der Waals surface area contributed by atoms with Gasteiger partial charge in [0.25, 0.3) is 0 Å². The molecule has 1 atom stereocenters. The van der Waals surface area contributed by atoms with E-state index in [-0.39, 0.29) is 11.9 Å². The molecule has 1 unspecified atom stereocenters.